The predicted molar refractivity (Wildman–Crippen MR) is 73.4 cm³/mol. The summed E-state index contributed by atoms with van der Waals surface area (Å²) in [5.41, 5.74) is -0.736. The maximum absolute atomic E-state index is 11.9. The highest BCUT2D eigenvalue weighted by Gasteiger charge is 2.28. The fraction of sp³-hybridized carbons (Fsp3) is 1.00. The minimum Gasteiger partial charge on any atom is -0.389 e. The molecule has 18 heavy (non-hydrogen) atoms. The zero-order valence-electron chi connectivity index (χ0n) is 11.1. The molecule has 0 aromatic carbocycles. The lowest BCUT2D eigenvalue weighted by Crippen LogP contribution is -2.52. The number of aliphatic hydroxyl groups is 1. The van der Waals surface area contributed by atoms with Crippen LogP contribution < -0.4 is 0 Å². The fourth-order valence-corrected chi connectivity index (χ4v) is 3.86. The van der Waals surface area contributed by atoms with Crippen LogP contribution in [-0.2, 0) is 10.0 Å². The number of alkyl halides is 1. The van der Waals surface area contributed by atoms with Crippen molar-refractivity contribution in [2.75, 3.05) is 44.4 Å². The van der Waals surface area contributed by atoms with Gasteiger partial charge in [-0.15, -0.1) is 11.6 Å². The van der Waals surface area contributed by atoms with Crippen LogP contribution in [0.2, 0.25) is 0 Å². The van der Waals surface area contributed by atoms with Gasteiger partial charge in [0.15, 0.2) is 0 Å². The number of piperazine rings is 1. The SMILES string of the molecule is CC(C)(O)CN1CCN(S(=O)(=O)CCCCl)CC1. The van der Waals surface area contributed by atoms with Crippen LogP contribution in [0.3, 0.4) is 0 Å². The lowest BCUT2D eigenvalue weighted by Gasteiger charge is -2.36. The van der Waals surface area contributed by atoms with Crippen molar-refractivity contribution in [3.8, 4) is 0 Å². The highest BCUT2D eigenvalue weighted by atomic mass is 35.5. The Kier molecular flexibility index (Phi) is 5.86. The van der Waals surface area contributed by atoms with Gasteiger partial charge >= 0.3 is 0 Å². The molecule has 108 valence electrons. The molecule has 0 aromatic rings. The van der Waals surface area contributed by atoms with Crippen LogP contribution in [0.5, 0.6) is 0 Å². The van der Waals surface area contributed by atoms with Crippen molar-refractivity contribution in [3.63, 3.8) is 0 Å². The Morgan fingerprint density at radius 3 is 2.22 bits per heavy atom. The van der Waals surface area contributed by atoms with E-state index in [2.05, 4.69) is 4.90 Å². The Morgan fingerprint density at radius 1 is 1.22 bits per heavy atom. The Balaban J connectivity index is 2.44. The maximum atomic E-state index is 11.9. The zero-order chi connectivity index (χ0) is 13.8. The van der Waals surface area contributed by atoms with E-state index in [1.54, 1.807) is 13.8 Å². The molecule has 1 saturated heterocycles. The first kappa shape index (κ1) is 16.2. The molecule has 7 heteroatoms. The van der Waals surface area contributed by atoms with Crippen LogP contribution in [0, 0.1) is 0 Å². The average molecular weight is 299 g/mol. The molecule has 0 spiro atoms. The molecule has 0 saturated carbocycles. The molecule has 1 aliphatic rings. The summed E-state index contributed by atoms with van der Waals surface area (Å²) in [6.07, 6.45) is 0.494. The Hall–Kier alpha value is 0.120. The summed E-state index contributed by atoms with van der Waals surface area (Å²) in [6.45, 7) is 6.44. The van der Waals surface area contributed by atoms with Crippen molar-refractivity contribution in [2.24, 2.45) is 0 Å². The number of rotatable bonds is 6. The van der Waals surface area contributed by atoms with E-state index in [0.717, 1.165) is 0 Å². The topological polar surface area (TPSA) is 60.9 Å². The van der Waals surface area contributed by atoms with E-state index >= 15 is 0 Å². The molecular formula is C11H23ClN2O3S. The van der Waals surface area contributed by atoms with Gasteiger partial charge < -0.3 is 5.11 Å². The van der Waals surface area contributed by atoms with Gasteiger partial charge in [-0.1, -0.05) is 0 Å². The average Bonchev–Trinajstić information content (AvgIpc) is 2.25. The summed E-state index contributed by atoms with van der Waals surface area (Å²) in [5, 5.41) is 9.72. The molecule has 0 unspecified atom stereocenters. The van der Waals surface area contributed by atoms with Gasteiger partial charge in [0.2, 0.25) is 10.0 Å². The molecule has 1 rings (SSSR count). The number of sulfonamides is 1. The second-order valence-electron chi connectivity index (χ2n) is 5.35. The molecule has 0 aromatic heterocycles. The van der Waals surface area contributed by atoms with Crippen LogP contribution >= 0.6 is 11.6 Å². The zero-order valence-corrected chi connectivity index (χ0v) is 12.7. The number of β-amino-alcohol motifs (C(OH)–C–C–N with tert-alkyl or cyclic N) is 1. The van der Waals surface area contributed by atoms with Crippen LogP contribution in [0.4, 0.5) is 0 Å². The van der Waals surface area contributed by atoms with Crippen molar-refractivity contribution < 1.29 is 13.5 Å². The van der Waals surface area contributed by atoms with Gasteiger partial charge in [-0.2, -0.15) is 4.31 Å². The first-order chi connectivity index (χ1) is 8.24. The van der Waals surface area contributed by atoms with E-state index in [0.29, 0.717) is 45.0 Å². The van der Waals surface area contributed by atoms with Gasteiger partial charge in [0.05, 0.1) is 11.4 Å². The lowest BCUT2D eigenvalue weighted by atomic mass is 10.1. The van der Waals surface area contributed by atoms with Crippen LogP contribution in [0.25, 0.3) is 0 Å². The van der Waals surface area contributed by atoms with Crippen LogP contribution in [-0.4, -0.2) is 72.7 Å². The normalized spacial score (nSPS) is 20.2. The second-order valence-corrected chi connectivity index (χ2v) is 7.81. The molecule has 1 fully saturated rings. The second kappa shape index (κ2) is 6.52. The molecule has 0 amide bonds. The Bertz CT molecular complexity index is 346. The molecule has 0 aliphatic carbocycles. The summed E-state index contributed by atoms with van der Waals surface area (Å²) < 4.78 is 25.4. The van der Waals surface area contributed by atoms with Gasteiger partial charge in [-0.05, 0) is 20.3 Å². The van der Waals surface area contributed by atoms with E-state index in [4.69, 9.17) is 11.6 Å². The smallest absolute Gasteiger partial charge is 0.214 e. The molecule has 0 bridgehead atoms. The minimum absolute atomic E-state index is 0.127. The number of hydrogen-bond acceptors (Lipinski definition) is 4. The molecule has 0 atom stereocenters. The quantitative estimate of drug-likeness (QED) is 0.718. The minimum atomic E-state index is -3.15. The van der Waals surface area contributed by atoms with Gasteiger partial charge in [-0.25, -0.2) is 8.42 Å². The summed E-state index contributed by atoms with van der Waals surface area (Å²) in [4.78, 5) is 2.09. The molecule has 5 nitrogen and oxygen atoms in total. The number of halogens is 1. The fourth-order valence-electron chi connectivity index (χ4n) is 2.08. The van der Waals surface area contributed by atoms with E-state index in [9.17, 15) is 13.5 Å². The number of nitrogens with zero attached hydrogens (tertiary/aromatic N) is 2. The van der Waals surface area contributed by atoms with Crippen molar-refractivity contribution in [1.82, 2.24) is 9.21 Å². The Labute approximate surface area is 115 Å². The third-order valence-electron chi connectivity index (χ3n) is 2.87. The summed E-state index contributed by atoms with van der Waals surface area (Å²) >= 11 is 5.52. The van der Waals surface area contributed by atoms with E-state index in [1.165, 1.54) is 4.31 Å². The lowest BCUT2D eigenvalue weighted by molar-refractivity contribution is 0.0263. The first-order valence-electron chi connectivity index (χ1n) is 6.23. The maximum Gasteiger partial charge on any atom is 0.214 e. The largest absolute Gasteiger partial charge is 0.389 e. The van der Waals surface area contributed by atoms with E-state index < -0.39 is 15.6 Å². The van der Waals surface area contributed by atoms with Crippen molar-refractivity contribution in [3.05, 3.63) is 0 Å². The van der Waals surface area contributed by atoms with Crippen molar-refractivity contribution in [2.45, 2.75) is 25.9 Å². The highest BCUT2D eigenvalue weighted by Crippen LogP contribution is 2.12. The first-order valence-corrected chi connectivity index (χ1v) is 8.37. The third-order valence-corrected chi connectivity index (χ3v) is 5.09. The van der Waals surface area contributed by atoms with Crippen molar-refractivity contribution >= 4 is 21.6 Å². The van der Waals surface area contributed by atoms with Crippen LogP contribution in [0.1, 0.15) is 20.3 Å². The molecule has 1 aliphatic heterocycles. The summed E-state index contributed by atoms with van der Waals surface area (Å²) in [5.74, 6) is 0.500. The number of hydrogen-bond donors (Lipinski definition) is 1. The summed E-state index contributed by atoms with van der Waals surface area (Å²) in [7, 11) is -3.15. The third kappa shape index (κ3) is 5.40. The van der Waals surface area contributed by atoms with Crippen molar-refractivity contribution in [1.29, 1.82) is 0 Å². The van der Waals surface area contributed by atoms with Gasteiger partial charge in [0, 0.05) is 38.6 Å². The predicted octanol–water partition coefficient (Wildman–Crippen LogP) is 0.334. The van der Waals surface area contributed by atoms with E-state index in [1.807, 2.05) is 0 Å². The van der Waals surface area contributed by atoms with Gasteiger partial charge in [0.25, 0.3) is 0 Å². The standard InChI is InChI=1S/C11H23ClN2O3S/c1-11(2,15)10-13-5-7-14(8-6-13)18(16,17)9-3-4-12/h15H,3-10H2,1-2H3. The molecule has 1 heterocycles. The monoisotopic (exact) mass is 298 g/mol. The van der Waals surface area contributed by atoms with Crippen LogP contribution in [0.15, 0.2) is 0 Å². The van der Waals surface area contributed by atoms with Gasteiger partial charge in [-0.3, -0.25) is 4.90 Å². The highest BCUT2D eigenvalue weighted by molar-refractivity contribution is 7.89. The van der Waals surface area contributed by atoms with Gasteiger partial charge in [0.1, 0.15) is 0 Å². The summed E-state index contributed by atoms with van der Waals surface area (Å²) in [6, 6.07) is 0. The van der Waals surface area contributed by atoms with E-state index in [-0.39, 0.29) is 5.75 Å². The molecule has 1 N–H and O–H groups in total. The Morgan fingerprint density at radius 2 is 1.78 bits per heavy atom. The molecular weight excluding hydrogens is 276 g/mol. The molecule has 0 radical (unpaired) electrons.